The number of hydrogen-bond acceptors (Lipinski definition) is 4. The number of aromatic amines is 1. The van der Waals surface area contributed by atoms with Crippen molar-refractivity contribution in [2.24, 2.45) is 0 Å². The van der Waals surface area contributed by atoms with Crippen LogP contribution in [0.1, 0.15) is 10.5 Å². The lowest BCUT2D eigenvalue weighted by atomic mass is 10.2. The van der Waals surface area contributed by atoms with E-state index in [1.165, 1.54) is 11.3 Å². The second kappa shape index (κ2) is 4.92. The van der Waals surface area contributed by atoms with Crippen molar-refractivity contribution >= 4 is 60.8 Å². The topological polar surface area (TPSA) is 70.7 Å². The van der Waals surface area contributed by atoms with Crippen molar-refractivity contribution in [3.8, 4) is 0 Å². The highest BCUT2D eigenvalue weighted by atomic mass is 79.9. The smallest absolute Gasteiger partial charge is 0.275 e. The third-order valence-corrected chi connectivity index (χ3v) is 4.00. The van der Waals surface area contributed by atoms with Crippen LogP contribution in [0.25, 0.3) is 10.9 Å². The average Bonchev–Trinajstić information content (AvgIpc) is 2.98. The molecule has 1 amide bonds. The minimum atomic E-state index is -0.339. The number of carbonyl (C=O) groups is 1. The number of fused-ring (bicyclic) bond motifs is 1. The van der Waals surface area contributed by atoms with Crippen LogP contribution in [0.5, 0.6) is 0 Å². The molecule has 19 heavy (non-hydrogen) atoms. The molecule has 0 atom stereocenters. The summed E-state index contributed by atoms with van der Waals surface area (Å²) in [5.74, 6) is -0.339. The van der Waals surface area contributed by atoms with Crippen LogP contribution in [0, 0.1) is 0 Å². The first kappa shape index (κ1) is 12.6. The minimum absolute atomic E-state index is 0.310. The normalized spacial score (nSPS) is 10.8. The van der Waals surface area contributed by atoms with E-state index in [1.807, 2.05) is 18.2 Å². The van der Waals surface area contributed by atoms with Gasteiger partial charge in [0.1, 0.15) is 11.2 Å². The summed E-state index contributed by atoms with van der Waals surface area (Å²) in [7, 11) is 0. The van der Waals surface area contributed by atoms with Gasteiger partial charge in [0, 0.05) is 15.4 Å². The Labute approximate surface area is 125 Å². The van der Waals surface area contributed by atoms with Gasteiger partial charge >= 0.3 is 0 Å². The molecule has 3 aromatic rings. The van der Waals surface area contributed by atoms with Crippen LogP contribution in [0.4, 0.5) is 5.13 Å². The highest BCUT2D eigenvalue weighted by Crippen LogP contribution is 2.30. The molecule has 0 spiro atoms. The van der Waals surface area contributed by atoms with Gasteiger partial charge in [0.25, 0.3) is 5.91 Å². The van der Waals surface area contributed by atoms with Crippen molar-refractivity contribution in [1.82, 2.24) is 15.2 Å². The summed E-state index contributed by atoms with van der Waals surface area (Å²) >= 11 is 10.8. The van der Waals surface area contributed by atoms with Crippen molar-refractivity contribution in [1.29, 1.82) is 0 Å². The SMILES string of the molecule is O=C(Nc1nncs1)c1[nH]c2ccc(Br)cc2c1Cl. The second-order valence-electron chi connectivity index (χ2n) is 3.70. The van der Waals surface area contributed by atoms with E-state index >= 15 is 0 Å². The van der Waals surface area contributed by atoms with Crippen molar-refractivity contribution in [3.63, 3.8) is 0 Å². The average molecular weight is 358 g/mol. The molecular formula is C11H6BrClN4OS. The number of halogens is 2. The molecule has 96 valence electrons. The van der Waals surface area contributed by atoms with Gasteiger partial charge in [0.2, 0.25) is 5.13 Å². The number of aromatic nitrogens is 3. The van der Waals surface area contributed by atoms with E-state index in [0.29, 0.717) is 15.8 Å². The summed E-state index contributed by atoms with van der Waals surface area (Å²) in [5, 5.41) is 11.6. The Kier molecular flexibility index (Phi) is 3.26. The van der Waals surface area contributed by atoms with Gasteiger partial charge in [-0.3, -0.25) is 10.1 Å². The predicted molar refractivity (Wildman–Crippen MR) is 78.9 cm³/mol. The number of nitrogens with zero attached hydrogens (tertiary/aromatic N) is 2. The van der Waals surface area contributed by atoms with E-state index in [-0.39, 0.29) is 5.91 Å². The summed E-state index contributed by atoms with van der Waals surface area (Å²) in [4.78, 5) is 15.1. The zero-order valence-electron chi connectivity index (χ0n) is 9.28. The molecule has 5 nitrogen and oxygen atoms in total. The van der Waals surface area contributed by atoms with E-state index in [2.05, 4.69) is 36.4 Å². The first-order valence-corrected chi connectivity index (χ1v) is 7.24. The first-order valence-electron chi connectivity index (χ1n) is 5.19. The molecule has 1 aromatic carbocycles. The standard InChI is InChI=1S/C11H6BrClN4OS/c12-5-1-2-7-6(3-5)8(13)9(15-7)10(18)16-11-17-14-4-19-11/h1-4,15H,(H,16,17,18). The van der Waals surface area contributed by atoms with Gasteiger partial charge in [0.15, 0.2) is 0 Å². The van der Waals surface area contributed by atoms with E-state index in [4.69, 9.17) is 11.6 Å². The molecule has 0 saturated heterocycles. The van der Waals surface area contributed by atoms with Crippen LogP contribution in [0.3, 0.4) is 0 Å². The molecule has 0 radical (unpaired) electrons. The third kappa shape index (κ3) is 2.36. The number of carbonyl (C=O) groups excluding carboxylic acids is 1. The summed E-state index contributed by atoms with van der Waals surface area (Å²) in [6.45, 7) is 0. The molecule has 0 fully saturated rings. The number of H-pyrrole nitrogens is 1. The fourth-order valence-electron chi connectivity index (χ4n) is 1.67. The van der Waals surface area contributed by atoms with Crippen LogP contribution in [-0.4, -0.2) is 21.1 Å². The maximum atomic E-state index is 12.1. The Morgan fingerprint density at radius 3 is 3.05 bits per heavy atom. The van der Waals surface area contributed by atoms with Gasteiger partial charge < -0.3 is 4.98 Å². The molecule has 0 saturated carbocycles. The first-order chi connectivity index (χ1) is 9.15. The fourth-order valence-corrected chi connectivity index (χ4v) is 2.77. The number of hydrogen-bond donors (Lipinski definition) is 2. The Morgan fingerprint density at radius 2 is 2.32 bits per heavy atom. The third-order valence-electron chi connectivity index (χ3n) is 2.50. The monoisotopic (exact) mass is 356 g/mol. The molecule has 8 heteroatoms. The van der Waals surface area contributed by atoms with Crippen molar-refractivity contribution in [2.75, 3.05) is 5.32 Å². The summed E-state index contributed by atoms with van der Waals surface area (Å²) in [5.41, 5.74) is 2.65. The van der Waals surface area contributed by atoms with E-state index in [1.54, 1.807) is 5.51 Å². The number of benzene rings is 1. The lowest BCUT2D eigenvalue weighted by Gasteiger charge is -1.98. The lowest BCUT2D eigenvalue weighted by molar-refractivity contribution is 0.102. The number of rotatable bonds is 2. The molecule has 0 aliphatic carbocycles. The predicted octanol–water partition coefficient (Wildman–Crippen LogP) is 3.69. The molecule has 0 bridgehead atoms. The minimum Gasteiger partial charge on any atom is -0.349 e. The Balaban J connectivity index is 2.00. The van der Waals surface area contributed by atoms with Gasteiger partial charge in [-0.1, -0.05) is 38.9 Å². The van der Waals surface area contributed by atoms with E-state index < -0.39 is 0 Å². The zero-order chi connectivity index (χ0) is 13.4. The summed E-state index contributed by atoms with van der Waals surface area (Å²) in [6.07, 6.45) is 0. The van der Waals surface area contributed by atoms with Crippen molar-refractivity contribution < 1.29 is 4.79 Å². The number of amides is 1. The van der Waals surface area contributed by atoms with E-state index in [9.17, 15) is 4.79 Å². The molecule has 0 aliphatic rings. The highest BCUT2D eigenvalue weighted by Gasteiger charge is 2.17. The molecule has 0 unspecified atom stereocenters. The highest BCUT2D eigenvalue weighted by molar-refractivity contribution is 9.10. The largest absolute Gasteiger partial charge is 0.349 e. The van der Waals surface area contributed by atoms with Crippen molar-refractivity contribution in [2.45, 2.75) is 0 Å². The molecule has 0 aliphatic heterocycles. The maximum absolute atomic E-state index is 12.1. The molecule has 2 N–H and O–H groups in total. The molecule has 2 aromatic heterocycles. The zero-order valence-corrected chi connectivity index (χ0v) is 12.4. The van der Waals surface area contributed by atoms with Gasteiger partial charge in [-0.2, -0.15) is 0 Å². The maximum Gasteiger partial charge on any atom is 0.275 e. The fraction of sp³-hybridized carbons (Fsp3) is 0. The lowest BCUT2D eigenvalue weighted by Crippen LogP contribution is -2.12. The van der Waals surface area contributed by atoms with Crippen LogP contribution in [0.15, 0.2) is 28.2 Å². The Bertz CT molecular complexity index is 755. The molecule has 2 heterocycles. The van der Waals surface area contributed by atoms with E-state index in [0.717, 1.165) is 15.4 Å². The summed E-state index contributed by atoms with van der Waals surface area (Å²) < 4.78 is 0.900. The molecular weight excluding hydrogens is 352 g/mol. The van der Waals surface area contributed by atoms with Crippen molar-refractivity contribution in [3.05, 3.63) is 38.9 Å². The Morgan fingerprint density at radius 1 is 1.47 bits per heavy atom. The van der Waals surface area contributed by atoms with Gasteiger partial charge in [-0.05, 0) is 18.2 Å². The Hall–Kier alpha value is -1.44. The van der Waals surface area contributed by atoms with Crippen LogP contribution in [-0.2, 0) is 0 Å². The second-order valence-corrected chi connectivity index (χ2v) is 5.83. The van der Waals surface area contributed by atoms with Gasteiger partial charge in [-0.15, -0.1) is 10.2 Å². The number of nitrogens with one attached hydrogen (secondary N) is 2. The van der Waals surface area contributed by atoms with Crippen LogP contribution >= 0.6 is 38.9 Å². The summed E-state index contributed by atoms with van der Waals surface area (Å²) in [6, 6.07) is 5.59. The van der Waals surface area contributed by atoms with Gasteiger partial charge in [0.05, 0.1) is 5.02 Å². The quantitative estimate of drug-likeness (QED) is 0.735. The van der Waals surface area contributed by atoms with Gasteiger partial charge in [-0.25, -0.2) is 0 Å². The van der Waals surface area contributed by atoms with Crippen LogP contribution in [0.2, 0.25) is 5.02 Å². The number of anilines is 1. The van der Waals surface area contributed by atoms with Crippen LogP contribution < -0.4 is 5.32 Å². The molecule has 3 rings (SSSR count).